The van der Waals surface area contributed by atoms with Crippen molar-refractivity contribution in [3.05, 3.63) is 0 Å². The molecule has 3 atom stereocenters. The standard InChI is InChI=1S/C10H20N2O/c1-7-5-10(11-9(3)13)6-12(4)8(7)2/h7-8,10H,5-6H2,1-4H3,(H,11,13). The van der Waals surface area contributed by atoms with Crippen molar-refractivity contribution in [3.63, 3.8) is 0 Å². The molecule has 1 amide bonds. The Kier molecular flexibility index (Phi) is 3.31. The molecule has 1 heterocycles. The Labute approximate surface area is 80.5 Å². The molecule has 1 N–H and O–H groups in total. The van der Waals surface area contributed by atoms with Gasteiger partial charge >= 0.3 is 0 Å². The van der Waals surface area contributed by atoms with E-state index < -0.39 is 0 Å². The van der Waals surface area contributed by atoms with E-state index in [9.17, 15) is 4.79 Å². The molecule has 0 saturated carbocycles. The molecule has 3 unspecified atom stereocenters. The van der Waals surface area contributed by atoms with Crippen LogP contribution in [0.3, 0.4) is 0 Å². The third-order valence-electron chi connectivity index (χ3n) is 3.09. The van der Waals surface area contributed by atoms with Crippen molar-refractivity contribution in [2.24, 2.45) is 5.92 Å². The molecule has 1 saturated heterocycles. The number of nitrogens with zero attached hydrogens (tertiary/aromatic N) is 1. The monoisotopic (exact) mass is 184 g/mol. The maximum atomic E-state index is 10.9. The maximum Gasteiger partial charge on any atom is 0.217 e. The number of likely N-dealkylation sites (N-methyl/N-ethyl adjacent to an activating group) is 1. The molecule has 1 fully saturated rings. The van der Waals surface area contributed by atoms with E-state index in [1.54, 1.807) is 6.92 Å². The van der Waals surface area contributed by atoms with Gasteiger partial charge in [0.1, 0.15) is 0 Å². The Hall–Kier alpha value is -0.570. The quantitative estimate of drug-likeness (QED) is 0.655. The zero-order chi connectivity index (χ0) is 10.0. The number of hydrogen-bond acceptors (Lipinski definition) is 2. The van der Waals surface area contributed by atoms with Gasteiger partial charge in [0, 0.05) is 25.6 Å². The average Bonchev–Trinajstić information content (AvgIpc) is 1.98. The number of hydrogen-bond donors (Lipinski definition) is 1. The first-order valence-electron chi connectivity index (χ1n) is 4.98. The lowest BCUT2D eigenvalue weighted by molar-refractivity contribution is -0.120. The molecule has 0 radical (unpaired) electrons. The molecule has 0 aliphatic carbocycles. The fourth-order valence-electron chi connectivity index (χ4n) is 2.06. The van der Waals surface area contributed by atoms with Gasteiger partial charge in [0.2, 0.25) is 5.91 Å². The summed E-state index contributed by atoms with van der Waals surface area (Å²) in [5.41, 5.74) is 0. The van der Waals surface area contributed by atoms with Crippen LogP contribution in [0.1, 0.15) is 27.2 Å². The lowest BCUT2D eigenvalue weighted by Gasteiger charge is -2.39. The minimum absolute atomic E-state index is 0.0835. The number of carbonyl (C=O) groups excluding carboxylic acids is 1. The van der Waals surface area contributed by atoms with Crippen LogP contribution in [0.2, 0.25) is 0 Å². The van der Waals surface area contributed by atoms with Crippen LogP contribution < -0.4 is 5.32 Å². The number of nitrogens with one attached hydrogen (secondary N) is 1. The Morgan fingerprint density at radius 3 is 2.54 bits per heavy atom. The molecule has 0 aromatic rings. The minimum atomic E-state index is 0.0835. The second-order valence-corrected chi connectivity index (χ2v) is 4.29. The maximum absolute atomic E-state index is 10.9. The summed E-state index contributed by atoms with van der Waals surface area (Å²) in [5.74, 6) is 0.746. The van der Waals surface area contributed by atoms with Gasteiger partial charge in [-0.1, -0.05) is 6.92 Å². The van der Waals surface area contributed by atoms with E-state index in [1.165, 1.54) is 0 Å². The highest BCUT2D eigenvalue weighted by Crippen LogP contribution is 2.21. The summed E-state index contributed by atoms with van der Waals surface area (Å²) in [5, 5.41) is 2.98. The molecule has 1 aliphatic heterocycles. The highest BCUT2D eigenvalue weighted by Gasteiger charge is 2.28. The first-order chi connectivity index (χ1) is 6.00. The predicted molar refractivity (Wildman–Crippen MR) is 53.5 cm³/mol. The Morgan fingerprint density at radius 1 is 1.46 bits per heavy atom. The average molecular weight is 184 g/mol. The van der Waals surface area contributed by atoms with E-state index in [2.05, 4.69) is 31.1 Å². The number of carbonyl (C=O) groups is 1. The lowest BCUT2D eigenvalue weighted by atomic mass is 9.89. The van der Waals surface area contributed by atoms with Crippen LogP contribution in [0.15, 0.2) is 0 Å². The third-order valence-corrected chi connectivity index (χ3v) is 3.09. The van der Waals surface area contributed by atoms with Crippen molar-refractivity contribution < 1.29 is 4.79 Å². The normalized spacial score (nSPS) is 35.8. The van der Waals surface area contributed by atoms with E-state index in [-0.39, 0.29) is 5.91 Å². The zero-order valence-electron chi connectivity index (χ0n) is 9.00. The Balaban J connectivity index is 2.48. The van der Waals surface area contributed by atoms with Crippen LogP contribution in [0.5, 0.6) is 0 Å². The molecular weight excluding hydrogens is 164 g/mol. The summed E-state index contributed by atoms with van der Waals surface area (Å²) < 4.78 is 0. The molecule has 0 spiro atoms. The summed E-state index contributed by atoms with van der Waals surface area (Å²) in [6.45, 7) is 7.05. The number of likely N-dealkylation sites (tertiary alicyclic amines) is 1. The Morgan fingerprint density at radius 2 is 2.08 bits per heavy atom. The van der Waals surface area contributed by atoms with Gasteiger partial charge in [0.15, 0.2) is 0 Å². The molecule has 0 aromatic carbocycles. The van der Waals surface area contributed by atoms with Crippen molar-refractivity contribution in [1.29, 1.82) is 0 Å². The van der Waals surface area contributed by atoms with Crippen molar-refractivity contribution in [2.75, 3.05) is 13.6 Å². The van der Waals surface area contributed by atoms with E-state index in [1.807, 2.05) is 0 Å². The van der Waals surface area contributed by atoms with Gasteiger partial charge < -0.3 is 10.2 Å². The Bertz CT molecular complexity index is 181. The fraction of sp³-hybridized carbons (Fsp3) is 0.900. The number of amides is 1. The number of piperidine rings is 1. The molecule has 1 aliphatic rings. The molecule has 13 heavy (non-hydrogen) atoms. The largest absolute Gasteiger partial charge is 0.352 e. The summed E-state index contributed by atoms with van der Waals surface area (Å²) in [6.07, 6.45) is 1.10. The van der Waals surface area contributed by atoms with E-state index in [0.29, 0.717) is 18.0 Å². The lowest BCUT2D eigenvalue weighted by Crippen LogP contribution is -2.52. The van der Waals surface area contributed by atoms with Gasteiger partial charge in [0.25, 0.3) is 0 Å². The van der Waals surface area contributed by atoms with Crippen LogP contribution in [0, 0.1) is 5.92 Å². The van der Waals surface area contributed by atoms with Crippen molar-refractivity contribution >= 4 is 5.91 Å². The molecule has 76 valence electrons. The summed E-state index contributed by atoms with van der Waals surface area (Å²) in [4.78, 5) is 13.2. The van der Waals surface area contributed by atoms with Crippen molar-refractivity contribution in [2.45, 2.75) is 39.3 Å². The van der Waals surface area contributed by atoms with Crippen LogP contribution >= 0.6 is 0 Å². The van der Waals surface area contributed by atoms with Crippen LogP contribution in [0.25, 0.3) is 0 Å². The second-order valence-electron chi connectivity index (χ2n) is 4.29. The third kappa shape index (κ3) is 2.69. The smallest absolute Gasteiger partial charge is 0.217 e. The van der Waals surface area contributed by atoms with Gasteiger partial charge in [-0.3, -0.25) is 4.79 Å². The SMILES string of the molecule is CC(=O)NC1CC(C)C(C)N(C)C1. The van der Waals surface area contributed by atoms with Crippen LogP contribution in [-0.2, 0) is 4.79 Å². The molecule has 3 heteroatoms. The van der Waals surface area contributed by atoms with E-state index in [0.717, 1.165) is 13.0 Å². The second kappa shape index (κ2) is 4.09. The molecule has 1 rings (SSSR count). The van der Waals surface area contributed by atoms with Gasteiger partial charge in [-0.25, -0.2) is 0 Å². The van der Waals surface area contributed by atoms with E-state index >= 15 is 0 Å². The predicted octanol–water partition coefficient (Wildman–Crippen LogP) is 0.851. The molecule has 0 bridgehead atoms. The summed E-state index contributed by atoms with van der Waals surface area (Å²) in [7, 11) is 2.12. The minimum Gasteiger partial charge on any atom is -0.352 e. The first-order valence-corrected chi connectivity index (χ1v) is 4.98. The van der Waals surface area contributed by atoms with E-state index in [4.69, 9.17) is 0 Å². The van der Waals surface area contributed by atoms with Crippen LogP contribution in [0.4, 0.5) is 0 Å². The number of rotatable bonds is 1. The van der Waals surface area contributed by atoms with Crippen LogP contribution in [-0.4, -0.2) is 36.5 Å². The van der Waals surface area contributed by atoms with Crippen molar-refractivity contribution in [3.8, 4) is 0 Å². The first kappa shape index (κ1) is 10.5. The van der Waals surface area contributed by atoms with Crippen molar-refractivity contribution in [1.82, 2.24) is 10.2 Å². The van der Waals surface area contributed by atoms with Gasteiger partial charge in [0.05, 0.1) is 0 Å². The molecule has 3 nitrogen and oxygen atoms in total. The van der Waals surface area contributed by atoms with Gasteiger partial charge in [-0.2, -0.15) is 0 Å². The topological polar surface area (TPSA) is 32.3 Å². The summed E-state index contributed by atoms with van der Waals surface area (Å²) >= 11 is 0. The van der Waals surface area contributed by atoms with Gasteiger partial charge in [-0.05, 0) is 26.3 Å². The molecular formula is C10H20N2O. The fourth-order valence-corrected chi connectivity index (χ4v) is 2.06. The zero-order valence-corrected chi connectivity index (χ0v) is 9.00. The molecule has 0 aromatic heterocycles. The summed E-state index contributed by atoms with van der Waals surface area (Å²) in [6, 6.07) is 0.971. The highest BCUT2D eigenvalue weighted by atomic mass is 16.1. The highest BCUT2D eigenvalue weighted by molar-refractivity contribution is 5.73. The van der Waals surface area contributed by atoms with Gasteiger partial charge in [-0.15, -0.1) is 0 Å².